The molecule has 0 aliphatic carbocycles. The van der Waals surface area contributed by atoms with E-state index < -0.39 is 6.04 Å². The van der Waals surface area contributed by atoms with Gasteiger partial charge in [-0.05, 0) is 35.7 Å². The molecule has 1 aliphatic rings. The molecule has 158 valence electrons. The number of nitrogen functional groups attached to an aromatic ring is 2. The average Bonchev–Trinajstić information content (AvgIpc) is 2.79. The molecule has 2 heterocycles. The van der Waals surface area contributed by atoms with Gasteiger partial charge in [0.1, 0.15) is 41.7 Å². The van der Waals surface area contributed by atoms with Crippen LogP contribution in [0.3, 0.4) is 0 Å². The molecular weight excluding hydrogens is 404 g/mol. The van der Waals surface area contributed by atoms with Gasteiger partial charge in [0, 0.05) is 5.56 Å². The van der Waals surface area contributed by atoms with Crippen LogP contribution in [-0.4, -0.2) is 10.9 Å². The highest BCUT2D eigenvalue weighted by Gasteiger charge is 2.29. The van der Waals surface area contributed by atoms with Crippen molar-refractivity contribution in [3.8, 4) is 18.0 Å². The van der Waals surface area contributed by atoms with Crippen molar-refractivity contribution in [1.29, 1.82) is 10.5 Å². The van der Waals surface area contributed by atoms with Crippen LogP contribution >= 0.6 is 0 Å². The fourth-order valence-corrected chi connectivity index (χ4v) is 3.50. The summed E-state index contributed by atoms with van der Waals surface area (Å²) in [6.45, 7) is 2.50. The average molecular weight is 424 g/mol. The van der Waals surface area contributed by atoms with E-state index in [2.05, 4.69) is 20.6 Å². The molecule has 2 aromatic carbocycles. The molecule has 0 bridgehead atoms. The summed E-state index contributed by atoms with van der Waals surface area (Å²) in [5, 5.41) is 23.8. The Hall–Kier alpha value is -4.76. The third-order valence-electron chi connectivity index (χ3n) is 5.21. The first-order chi connectivity index (χ1) is 15.5. The molecule has 9 heteroatoms. The number of rotatable bonds is 4. The standard InChI is InChI=1S/C23H20N8O/c1-13-4-2-3-5-15(13)11-32-16-8-6-14(7-9-16)20-18-19(26)17(10-24)21(27)30-22(18)31-23(29-20)28-12-25/h2-9,20H,11H2,1H3,(H6,26,27,28,29,30,31). The smallest absolute Gasteiger partial charge is 0.211 e. The first kappa shape index (κ1) is 20.5. The maximum Gasteiger partial charge on any atom is 0.211 e. The highest BCUT2D eigenvalue weighted by Crippen LogP contribution is 2.40. The van der Waals surface area contributed by atoms with Crippen LogP contribution in [-0.2, 0) is 6.61 Å². The quantitative estimate of drug-likeness (QED) is 0.367. The number of aliphatic imine (C=N–C) groups is 1. The minimum Gasteiger partial charge on any atom is -0.489 e. The van der Waals surface area contributed by atoms with E-state index in [9.17, 15) is 5.26 Å². The number of guanidine groups is 1. The van der Waals surface area contributed by atoms with Gasteiger partial charge < -0.3 is 21.5 Å². The zero-order chi connectivity index (χ0) is 22.7. The lowest BCUT2D eigenvalue weighted by molar-refractivity contribution is 0.305. The van der Waals surface area contributed by atoms with Crippen LogP contribution < -0.4 is 26.8 Å². The first-order valence-electron chi connectivity index (χ1n) is 9.78. The summed E-state index contributed by atoms with van der Waals surface area (Å²) in [7, 11) is 0. The molecule has 1 unspecified atom stereocenters. The van der Waals surface area contributed by atoms with E-state index in [0.717, 1.165) is 16.7 Å². The van der Waals surface area contributed by atoms with E-state index in [1.807, 2.05) is 67.7 Å². The Labute approximate surface area is 185 Å². The van der Waals surface area contributed by atoms with Crippen LogP contribution in [0.1, 0.15) is 33.9 Å². The van der Waals surface area contributed by atoms with Gasteiger partial charge in [0.15, 0.2) is 6.19 Å². The summed E-state index contributed by atoms with van der Waals surface area (Å²) >= 11 is 0. The lowest BCUT2D eigenvalue weighted by atomic mass is 9.95. The molecule has 0 saturated heterocycles. The topological polar surface area (TPSA) is 158 Å². The van der Waals surface area contributed by atoms with Crippen molar-refractivity contribution in [2.75, 3.05) is 16.8 Å². The highest BCUT2D eigenvalue weighted by molar-refractivity contribution is 5.98. The number of aromatic nitrogens is 1. The van der Waals surface area contributed by atoms with Crippen molar-refractivity contribution < 1.29 is 4.74 Å². The largest absolute Gasteiger partial charge is 0.489 e. The lowest BCUT2D eigenvalue weighted by Crippen LogP contribution is -2.32. The van der Waals surface area contributed by atoms with Crippen LogP contribution in [0.15, 0.2) is 53.5 Å². The Morgan fingerprint density at radius 2 is 1.88 bits per heavy atom. The number of hydrogen-bond donors (Lipinski definition) is 4. The third kappa shape index (κ3) is 3.83. The van der Waals surface area contributed by atoms with E-state index in [0.29, 0.717) is 23.7 Å². The molecule has 1 aromatic heterocycles. The number of benzene rings is 2. The number of anilines is 3. The molecule has 3 aromatic rings. The predicted molar refractivity (Wildman–Crippen MR) is 121 cm³/mol. The van der Waals surface area contributed by atoms with Gasteiger partial charge in [-0.1, -0.05) is 36.4 Å². The van der Waals surface area contributed by atoms with Crippen molar-refractivity contribution in [2.24, 2.45) is 4.99 Å². The van der Waals surface area contributed by atoms with Gasteiger partial charge in [-0.2, -0.15) is 10.5 Å². The summed E-state index contributed by atoms with van der Waals surface area (Å²) in [4.78, 5) is 8.80. The Morgan fingerprint density at radius 3 is 2.56 bits per heavy atom. The molecule has 0 saturated carbocycles. The Kier molecular flexibility index (Phi) is 5.47. The van der Waals surface area contributed by atoms with E-state index in [1.165, 1.54) is 0 Å². The van der Waals surface area contributed by atoms with Crippen molar-refractivity contribution in [1.82, 2.24) is 10.3 Å². The van der Waals surface area contributed by atoms with E-state index >= 15 is 0 Å². The van der Waals surface area contributed by atoms with Crippen LogP contribution in [0.2, 0.25) is 0 Å². The molecule has 0 amide bonds. The van der Waals surface area contributed by atoms with Crippen molar-refractivity contribution in [3.63, 3.8) is 0 Å². The number of nitriles is 2. The Morgan fingerprint density at radius 1 is 1.12 bits per heavy atom. The lowest BCUT2D eigenvalue weighted by Gasteiger charge is -2.26. The summed E-state index contributed by atoms with van der Waals surface area (Å²) in [6, 6.07) is 16.9. The molecule has 1 atom stereocenters. The number of aryl methyl sites for hydroxylation is 1. The SMILES string of the molecule is Cc1ccccc1COc1ccc(C2N=C(NC#N)Nc3nc(N)c(C#N)c(N)c32)cc1. The normalized spacial score (nSPS) is 14.2. The van der Waals surface area contributed by atoms with Gasteiger partial charge in [-0.25, -0.2) is 9.98 Å². The third-order valence-corrected chi connectivity index (χ3v) is 5.21. The molecule has 1 aliphatic heterocycles. The zero-order valence-corrected chi connectivity index (χ0v) is 17.3. The number of nitrogens with zero attached hydrogens (tertiary/aromatic N) is 4. The highest BCUT2D eigenvalue weighted by atomic mass is 16.5. The number of fused-ring (bicyclic) bond motifs is 1. The van der Waals surface area contributed by atoms with E-state index in [1.54, 1.807) is 0 Å². The van der Waals surface area contributed by atoms with Crippen LogP contribution in [0.25, 0.3) is 0 Å². The van der Waals surface area contributed by atoms with Gasteiger partial charge in [0.25, 0.3) is 0 Å². The molecular formula is C23H20N8O. The maximum atomic E-state index is 9.42. The molecule has 4 rings (SSSR count). The number of hydrogen-bond acceptors (Lipinski definition) is 9. The molecule has 6 N–H and O–H groups in total. The monoisotopic (exact) mass is 424 g/mol. The Bertz CT molecular complexity index is 1290. The van der Waals surface area contributed by atoms with Gasteiger partial charge in [-0.3, -0.25) is 5.32 Å². The molecule has 0 radical (unpaired) electrons. The van der Waals surface area contributed by atoms with E-state index in [4.69, 9.17) is 21.5 Å². The van der Waals surface area contributed by atoms with Crippen molar-refractivity contribution in [3.05, 3.63) is 76.3 Å². The van der Waals surface area contributed by atoms with Gasteiger partial charge in [0.05, 0.1) is 5.69 Å². The van der Waals surface area contributed by atoms with Gasteiger partial charge in [-0.15, -0.1) is 0 Å². The second kappa shape index (κ2) is 8.54. The summed E-state index contributed by atoms with van der Waals surface area (Å²) in [5.41, 5.74) is 16.0. The van der Waals surface area contributed by atoms with Crippen LogP contribution in [0.5, 0.6) is 5.75 Å². The van der Waals surface area contributed by atoms with E-state index in [-0.39, 0.29) is 23.0 Å². The molecule has 32 heavy (non-hydrogen) atoms. The van der Waals surface area contributed by atoms with Crippen LogP contribution in [0.4, 0.5) is 17.3 Å². The summed E-state index contributed by atoms with van der Waals surface area (Å²) in [6.07, 6.45) is 1.83. The molecule has 0 fully saturated rings. The van der Waals surface area contributed by atoms with Gasteiger partial charge >= 0.3 is 0 Å². The predicted octanol–water partition coefficient (Wildman–Crippen LogP) is 2.95. The fourth-order valence-electron chi connectivity index (χ4n) is 3.50. The minimum atomic E-state index is -0.590. The number of nitrogens with one attached hydrogen (secondary N) is 2. The number of nitrogens with two attached hydrogens (primary N) is 2. The second-order valence-corrected chi connectivity index (χ2v) is 7.19. The molecule has 9 nitrogen and oxygen atoms in total. The summed E-state index contributed by atoms with van der Waals surface area (Å²) < 4.78 is 5.92. The maximum absolute atomic E-state index is 9.42. The molecule has 0 spiro atoms. The zero-order valence-electron chi connectivity index (χ0n) is 17.3. The van der Waals surface area contributed by atoms with Crippen molar-refractivity contribution in [2.45, 2.75) is 19.6 Å². The number of ether oxygens (including phenoxy) is 1. The second-order valence-electron chi connectivity index (χ2n) is 7.19. The first-order valence-corrected chi connectivity index (χ1v) is 9.78. The number of pyridine rings is 1. The fraction of sp³-hybridized carbons (Fsp3) is 0.130. The summed E-state index contributed by atoms with van der Waals surface area (Å²) in [5.74, 6) is 1.26. The van der Waals surface area contributed by atoms with Crippen molar-refractivity contribution >= 4 is 23.3 Å². The van der Waals surface area contributed by atoms with Crippen LogP contribution in [0, 0.1) is 29.7 Å². The van der Waals surface area contributed by atoms with Gasteiger partial charge in [0.2, 0.25) is 5.96 Å². The Balaban J connectivity index is 1.66. The minimum absolute atomic E-state index is 0.00756.